The molecule has 1 fully saturated rings. The van der Waals surface area contributed by atoms with E-state index < -0.39 is 5.97 Å². The molecule has 2 atom stereocenters. The molecular formula is C10H19NO3. The Morgan fingerprint density at radius 1 is 1.71 bits per heavy atom. The van der Waals surface area contributed by atoms with Crippen LogP contribution in [0.3, 0.4) is 0 Å². The smallest absolute Gasteiger partial charge is 0.306 e. The minimum Gasteiger partial charge on any atom is -0.481 e. The Morgan fingerprint density at radius 3 is 3.00 bits per heavy atom. The topological polar surface area (TPSA) is 49.8 Å². The van der Waals surface area contributed by atoms with E-state index >= 15 is 0 Å². The van der Waals surface area contributed by atoms with Crippen LogP contribution in [0.25, 0.3) is 0 Å². The van der Waals surface area contributed by atoms with Crippen molar-refractivity contribution in [1.29, 1.82) is 0 Å². The normalized spacial score (nSPS) is 26.0. The quantitative estimate of drug-likeness (QED) is 0.736. The van der Waals surface area contributed by atoms with E-state index in [1.165, 1.54) is 0 Å². The number of nitrogens with zero attached hydrogens (tertiary/aromatic N) is 1. The van der Waals surface area contributed by atoms with Crippen molar-refractivity contribution in [3.63, 3.8) is 0 Å². The van der Waals surface area contributed by atoms with Crippen LogP contribution in [0.15, 0.2) is 0 Å². The molecule has 1 saturated heterocycles. The summed E-state index contributed by atoms with van der Waals surface area (Å²) < 4.78 is 5.39. The van der Waals surface area contributed by atoms with Crippen LogP contribution in [0.4, 0.5) is 0 Å². The lowest BCUT2D eigenvalue weighted by Crippen LogP contribution is -2.47. The van der Waals surface area contributed by atoms with Gasteiger partial charge in [0.05, 0.1) is 19.1 Å². The Hall–Kier alpha value is -0.610. The number of hydrogen-bond acceptors (Lipinski definition) is 3. The van der Waals surface area contributed by atoms with Crippen LogP contribution in [0.1, 0.15) is 26.7 Å². The predicted octanol–water partition coefficient (Wildman–Crippen LogP) is 0.960. The number of hydrogen-bond donors (Lipinski definition) is 1. The Kier molecular flexibility index (Phi) is 4.35. The minimum absolute atomic E-state index is 0.118. The lowest BCUT2D eigenvalue weighted by Gasteiger charge is -2.36. The van der Waals surface area contributed by atoms with Gasteiger partial charge in [-0.15, -0.1) is 0 Å². The van der Waals surface area contributed by atoms with E-state index in [1.54, 1.807) is 0 Å². The van der Waals surface area contributed by atoms with Gasteiger partial charge in [0.25, 0.3) is 0 Å². The maximum atomic E-state index is 10.5. The first-order valence-electron chi connectivity index (χ1n) is 5.21. The highest BCUT2D eigenvalue weighted by Gasteiger charge is 2.24. The summed E-state index contributed by atoms with van der Waals surface area (Å²) in [5.41, 5.74) is 0. The van der Waals surface area contributed by atoms with Crippen LogP contribution in [-0.2, 0) is 9.53 Å². The molecule has 0 spiro atoms. The van der Waals surface area contributed by atoms with Gasteiger partial charge in [-0.3, -0.25) is 9.69 Å². The summed E-state index contributed by atoms with van der Waals surface area (Å²) in [6.45, 7) is 6.64. The molecule has 1 aliphatic heterocycles. The number of carbonyl (C=O) groups is 1. The van der Waals surface area contributed by atoms with E-state index in [-0.39, 0.29) is 12.5 Å². The third kappa shape index (κ3) is 3.27. The largest absolute Gasteiger partial charge is 0.481 e. The average molecular weight is 201 g/mol. The van der Waals surface area contributed by atoms with E-state index in [0.717, 1.165) is 19.5 Å². The molecule has 0 saturated carbocycles. The zero-order valence-corrected chi connectivity index (χ0v) is 8.90. The van der Waals surface area contributed by atoms with Crippen LogP contribution < -0.4 is 0 Å². The van der Waals surface area contributed by atoms with Crippen LogP contribution >= 0.6 is 0 Å². The second kappa shape index (κ2) is 5.32. The van der Waals surface area contributed by atoms with Gasteiger partial charge in [-0.25, -0.2) is 0 Å². The van der Waals surface area contributed by atoms with Gasteiger partial charge in [0.15, 0.2) is 0 Å². The summed E-state index contributed by atoms with van der Waals surface area (Å²) in [7, 11) is 0. The number of morpholine rings is 1. The van der Waals surface area contributed by atoms with Crippen molar-refractivity contribution in [2.45, 2.75) is 38.8 Å². The van der Waals surface area contributed by atoms with E-state index in [2.05, 4.69) is 18.7 Å². The molecule has 1 aliphatic rings. The van der Waals surface area contributed by atoms with Gasteiger partial charge in [0.1, 0.15) is 0 Å². The molecule has 0 amide bonds. The lowest BCUT2D eigenvalue weighted by molar-refractivity contribution is -0.142. The van der Waals surface area contributed by atoms with Crippen molar-refractivity contribution in [2.24, 2.45) is 0 Å². The fourth-order valence-electron chi connectivity index (χ4n) is 1.72. The SMILES string of the molecule is CCC(C)N1CCOC(CC(=O)O)C1. The zero-order chi connectivity index (χ0) is 10.6. The number of aliphatic carboxylic acids is 1. The molecule has 1 N–H and O–H groups in total. The van der Waals surface area contributed by atoms with Crippen molar-refractivity contribution in [1.82, 2.24) is 4.90 Å². The van der Waals surface area contributed by atoms with Gasteiger partial charge in [-0.1, -0.05) is 6.92 Å². The van der Waals surface area contributed by atoms with Gasteiger partial charge in [-0.05, 0) is 13.3 Å². The Morgan fingerprint density at radius 2 is 2.43 bits per heavy atom. The molecule has 1 rings (SSSR count). The second-order valence-electron chi connectivity index (χ2n) is 3.84. The average Bonchev–Trinajstić information content (AvgIpc) is 2.16. The van der Waals surface area contributed by atoms with Crippen molar-refractivity contribution in [3.8, 4) is 0 Å². The Bertz CT molecular complexity index is 196. The monoisotopic (exact) mass is 201 g/mol. The van der Waals surface area contributed by atoms with Gasteiger partial charge in [0, 0.05) is 19.1 Å². The van der Waals surface area contributed by atoms with E-state index in [0.29, 0.717) is 12.6 Å². The lowest BCUT2D eigenvalue weighted by atomic mass is 10.1. The molecular weight excluding hydrogens is 182 g/mol. The van der Waals surface area contributed by atoms with Gasteiger partial charge in [-0.2, -0.15) is 0 Å². The molecule has 0 aliphatic carbocycles. The number of rotatable bonds is 4. The van der Waals surface area contributed by atoms with Crippen molar-refractivity contribution < 1.29 is 14.6 Å². The van der Waals surface area contributed by atoms with Gasteiger partial charge >= 0.3 is 5.97 Å². The number of carboxylic acids is 1. The van der Waals surface area contributed by atoms with Gasteiger partial charge in [0.2, 0.25) is 0 Å². The summed E-state index contributed by atoms with van der Waals surface area (Å²) in [6, 6.07) is 0.523. The molecule has 0 aromatic heterocycles. The standard InChI is InChI=1S/C10H19NO3/c1-3-8(2)11-4-5-14-9(7-11)6-10(12)13/h8-9H,3-7H2,1-2H3,(H,12,13). The van der Waals surface area contributed by atoms with E-state index in [1.807, 2.05) is 0 Å². The third-order valence-electron chi connectivity index (χ3n) is 2.79. The molecule has 1 heterocycles. The van der Waals surface area contributed by atoms with E-state index in [4.69, 9.17) is 9.84 Å². The molecule has 82 valence electrons. The fraction of sp³-hybridized carbons (Fsp3) is 0.900. The summed E-state index contributed by atoms with van der Waals surface area (Å²) >= 11 is 0. The fourth-order valence-corrected chi connectivity index (χ4v) is 1.72. The highest BCUT2D eigenvalue weighted by Crippen LogP contribution is 2.13. The van der Waals surface area contributed by atoms with Crippen molar-refractivity contribution in [2.75, 3.05) is 19.7 Å². The van der Waals surface area contributed by atoms with Crippen LogP contribution in [0, 0.1) is 0 Å². The van der Waals surface area contributed by atoms with Crippen molar-refractivity contribution >= 4 is 5.97 Å². The molecule has 14 heavy (non-hydrogen) atoms. The van der Waals surface area contributed by atoms with Crippen molar-refractivity contribution in [3.05, 3.63) is 0 Å². The van der Waals surface area contributed by atoms with Crippen LogP contribution in [-0.4, -0.2) is 47.8 Å². The number of carboxylic acid groups (broad SMARTS) is 1. The maximum absolute atomic E-state index is 10.5. The van der Waals surface area contributed by atoms with Crippen LogP contribution in [0.2, 0.25) is 0 Å². The zero-order valence-electron chi connectivity index (χ0n) is 8.90. The molecule has 2 unspecified atom stereocenters. The predicted molar refractivity (Wildman–Crippen MR) is 53.3 cm³/mol. The van der Waals surface area contributed by atoms with Crippen LogP contribution in [0.5, 0.6) is 0 Å². The van der Waals surface area contributed by atoms with Gasteiger partial charge < -0.3 is 9.84 Å². The minimum atomic E-state index is -0.777. The summed E-state index contributed by atoms with van der Waals surface area (Å²) in [4.78, 5) is 12.8. The molecule has 4 nitrogen and oxygen atoms in total. The first kappa shape index (κ1) is 11.5. The molecule has 0 bridgehead atoms. The first-order chi connectivity index (χ1) is 6.63. The summed E-state index contributed by atoms with van der Waals surface area (Å²) in [5, 5.41) is 8.65. The highest BCUT2D eigenvalue weighted by molar-refractivity contribution is 5.67. The molecule has 0 radical (unpaired) electrons. The first-order valence-corrected chi connectivity index (χ1v) is 5.21. The van der Waals surface area contributed by atoms with E-state index in [9.17, 15) is 4.79 Å². The highest BCUT2D eigenvalue weighted by atomic mass is 16.5. The molecule has 0 aromatic carbocycles. The third-order valence-corrected chi connectivity index (χ3v) is 2.79. The second-order valence-corrected chi connectivity index (χ2v) is 3.84. The molecule has 0 aromatic rings. The number of ether oxygens (including phenoxy) is 1. The summed E-state index contributed by atoms with van der Waals surface area (Å²) in [6.07, 6.45) is 1.09. The Balaban J connectivity index is 2.39. The molecule has 4 heteroatoms. The summed E-state index contributed by atoms with van der Waals surface area (Å²) in [5.74, 6) is -0.777. The Labute approximate surface area is 84.8 Å². The maximum Gasteiger partial charge on any atom is 0.306 e.